The Kier molecular flexibility index (Phi) is 6.63. The molecule has 1 atom stereocenters. The molecule has 46 heavy (non-hydrogen) atoms. The fraction of sp³-hybridized carbons (Fsp3) is 0.152. The van der Waals surface area contributed by atoms with Crippen LogP contribution in [0.5, 0.6) is 11.5 Å². The van der Waals surface area contributed by atoms with Crippen LogP contribution in [0.15, 0.2) is 71.6 Å². The Morgan fingerprint density at radius 1 is 0.935 bits per heavy atom. The number of nitrogens with zero attached hydrogens (tertiary/aromatic N) is 1. The van der Waals surface area contributed by atoms with Crippen molar-refractivity contribution in [2.75, 3.05) is 7.11 Å². The summed E-state index contributed by atoms with van der Waals surface area (Å²) in [5.74, 6) is -2.55. The second-order valence-corrected chi connectivity index (χ2v) is 12.1. The second-order valence-electron chi connectivity index (χ2n) is 11.0. The molecule has 4 N–H and O–H groups in total. The molecule has 230 valence electrons. The van der Waals surface area contributed by atoms with E-state index in [1.54, 1.807) is 6.07 Å². The van der Waals surface area contributed by atoms with Gasteiger partial charge in [-0.2, -0.15) is 0 Å². The summed E-state index contributed by atoms with van der Waals surface area (Å²) in [5, 5.41) is 36.3. The number of aromatic hydroxyl groups is 1. The number of phenolic OH excluding ortho intramolecular Hbond substituents is 1. The van der Waals surface area contributed by atoms with Gasteiger partial charge in [-0.25, -0.2) is 0 Å². The van der Waals surface area contributed by atoms with Crippen molar-refractivity contribution in [3.63, 3.8) is 0 Å². The van der Waals surface area contributed by atoms with Crippen molar-refractivity contribution in [3.8, 4) is 11.5 Å². The van der Waals surface area contributed by atoms with Gasteiger partial charge in [0.15, 0.2) is 11.2 Å². The molecule has 1 aromatic heterocycles. The van der Waals surface area contributed by atoms with Crippen LogP contribution in [-0.2, 0) is 23.3 Å². The highest BCUT2D eigenvalue weighted by atomic mass is 127. The molecule has 0 radical (unpaired) electrons. The first kappa shape index (κ1) is 29.4. The van der Waals surface area contributed by atoms with Gasteiger partial charge < -0.3 is 29.9 Å². The summed E-state index contributed by atoms with van der Waals surface area (Å²) < 4.78 is 5.43. The Balaban J connectivity index is 1.44. The van der Waals surface area contributed by atoms with Gasteiger partial charge in [-0.3, -0.25) is 24.0 Å². The number of benzene rings is 2. The number of aromatic amines is 1. The van der Waals surface area contributed by atoms with E-state index in [2.05, 4.69) is 10.1 Å². The molecule has 7 rings (SSSR count). The largest absolute Gasteiger partial charge is 0.510 e. The minimum absolute atomic E-state index is 0.0566. The van der Waals surface area contributed by atoms with Gasteiger partial charge in [-0.05, 0) is 52.6 Å². The molecule has 0 amide bonds. The monoisotopic (exact) mass is 732 g/mol. The lowest BCUT2D eigenvalue weighted by Crippen LogP contribution is -2.51. The Hall–Kier alpha value is -5.31. The molecule has 4 aliphatic rings. The van der Waals surface area contributed by atoms with Crippen molar-refractivity contribution in [3.05, 3.63) is 141 Å². The van der Waals surface area contributed by atoms with Crippen LogP contribution in [0, 0.1) is 14.0 Å². The highest BCUT2D eigenvalue weighted by molar-refractivity contribution is 14.1. The predicted molar refractivity (Wildman–Crippen MR) is 175 cm³/mol. The van der Waals surface area contributed by atoms with Crippen LogP contribution < -0.4 is 42.4 Å². The van der Waals surface area contributed by atoms with Crippen molar-refractivity contribution in [1.82, 2.24) is 4.98 Å². The van der Waals surface area contributed by atoms with Gasteiger partial charge in [0.1, 0.15) is 29.3 Å². The molecule has 0 fully saturated rings. The van der Waals surface area contributed by atoms with Crippen molar-refractivity contribution in [2.45, 2.75) is 24.9 Å². The number of halogens is 1. The van der Waals surface area contributed by atoms with Crippen LogP contribution in [0.25, 0.3) is 22.3 Å². The molecule has 0 bridgehead atoms. The smallest absolute Gasteiger partial charge is 0.260 e. The van der Waals surface area contributed by atoms with E-state index in [9.17, 15) is 39.3 Å². The number of hydrogen-bond acceptors (Lipinski definition) is 11. The number of H-pyrrole nitrogens is 1. The van der Waals surface area contributed by atoms with E-state index in [1.807, 2.05) is 52.9 Å². The maximum Gasteiger partial charge on any atom is 0.260 e. The summed E-state index contributed by atoms with van der Waals surface area (Å²) in [6.07, 6.45) is 1.38. The highest BCUT2D eigenvalue weighted by Gasteiger charge is 2.53. The average Bonchev–Trinajstić information content (AvgIpc) is 3.55. The standard InChI is InChI=1S/C33H21IN2O10/c1-45-18-10-17(37)20-21(26(18)38)28(40)23-22(27(20)39)30(42)33(31(23)43)8-7-15-24(33)29(41)19-16(25(15)34)9-14(36-32(19)44)11-35-46-12-13-5-3-2-4-6-13/h2-6,9-11,41-43H,7-8,12H2,1H3,(H,36,44)/t33-/m0/s1. The third-order valence-electron chi connectivity index (χ3n) is 8.72. The Bertz CT molecular complexity index is 2680. The van der Waals surface area contributed by atoms with Crippen LogP contribution in [0.3, 0.4) is 0 Å². The molecule has 0 saturated heterocycles. The quantitative estimate of drug-likeness (QED) is 0.114. The van der Waals surface area contributed by atoms with Gasteiger partial charge in [0.2, 0.25) is 16.3 Å². The van der Waals surface area contributed by atoms with Crippen molar-refractivity contribution in [2.24, 2.45) is 5.16 Å². The number of methoxy groups -OCH3 is 1. The fourth-order valence-electron chi connectivity index (χ4n) is 6.66. The normalized spacial score (nSPS) is 17.0. The van der Waals surface area contributed by atoms with E-state index in [-0.39, 0.29) is 36.1 Å². The van der Waals surface area contributed by atoms with Crippen molar-refractivity contribution in [1.29, 1.82) is 0 Å². The van der Waals surface area contributed by atoms with Crippen LogP contribution in [0.1, 0.15) is 28.8 Å². The summed E-state index contributed by atoms with van der Waals surface area (Å²) in [4.78, 5) is 74.5. The summed E-state index contributed by atoms with van der Waals surface area (Å²) in [6, 6.07) is 11.7. The summed E-state index contributed by atoms with van der Waals surface area (Å²) in [5.41, 5.74) is -5.34. The van der Waals surface area contributed by atoms with Gasteiger partial charge in [0.25, 0.3) is 5.56 Å². The lowest BCUT2D eigenvalue weighted by atomic mass is 9.78. The first-order valence-corrected chi connectivity index (χ1v) is 15.0. The van der Waals surface area contributed by atoms with Gasteiger partial charge in [-0.15, -0.1) is 0 Å². The van der Waals surface area contributed by atoms with E-state index in [0.29, 0.717) is 14.5 Å². The van der Waals surface area contributed by atoms with Gasteiger partial charge >= 0.3 is 0 Å². The van der Waals surface area contributed by atoms with Crippen molar-refractivity contribution >= 4 is 51.1 Å². The van der Waals surface area contributed by atoms with E-state index in [4.69, 9.17) is 9.57 Å². The lowest BCUT2D eigenvalue weighted by molar-refractivity contribution is 0.132. The Labute approximate surface area is 269 Å². The highest BCUT2D eigenvalue weighted by Crippen LogP contribution is 2.55. The van der Waals surface area contributed by atoms with Crippen molar-refractivity contribution < 1.29 is 24.9 Å². The molecule has 0 saturated carbocycles. The summed E-state index contributed by atoms with van der Waals surface area (Å²) in [7, 11) is 1.12. The van der Waals surface area contributed by atoms with E-state index in [0.717, 1.165) is 18.7 Å². The van der Waals surface area contributed by atoms with E-state index >= 15 is 0 Å². The first-order valence-electron chi connectivity index (χ1n) is 13.9. The van der Waals surface area contributed by atoms with Crippen LogP contribution in [0.4, 0.5) is 0 Å². The first-order chi connectivity index (χ1) is 22.0. The SMILES string of the molecule is COc1cc(=O)c2c(=O)c3c(c(=O)c=2c1=O)=C(O)[C@]1(CCc2c1c(O)c1c(=O)[nH]c(C=NOCc4ccccc4)cc1c2I)C=3O. The number of pyridine rings is 1. The number of rotatable bonds is 5. The minimum atomic E-state index is -1.99. The van der Waals surface area contributed by atoms with Crippen LogP contribution >= 0.6 is 22.6 Å². The number of aliphatic hydroxyl groups excluding tert-OH is 2. The molecule has 3 aromatic rings. The zero-order valence-corrected chi connectivity index (χ0v) is 25.9. The number of fused-ring (bicyclic) bond motifs is 4. The predicted octanol–water partition coefficient (Wildman–Crippen LogP) is 0.669. The topological polar surface area (TPSA) is 193 Å². The number of aromatic nitrogens is 1. The van der Waals surface area contributed by atoms with Gasteiger partial charge in [0, 0.05) is 20.6 Å². The van der Waals surface area contributed by atoms with Gasteiger partial charge in [0.05, 0.1) is 45.3 Å². The molecule has 13 heteroatoms. The molecule has 2 aromatic carbocycles. The van der Waals surface area contributed by atoms with E-state index < -0.39 is 76.6 Å². The molecular weight excluding hydrogens is 711 g/mol. The molecule has 1 spiro atoms. The maximum atomic E-state index is 13.7. The van der Waals surface area contributed by atoms with E-state index in [1.165, 1.54) is 6.21 Å². The summed E-state index contributed by atoms with van der Waals surface area (Å²) in [6.45, 7) is 0.205. The lowest BCUT2D eigenvalue weighted by Gasteiger charge is -2.27. The fourth-order valence-corrected chi connectivity index (χ4v) is 7.63. The van der Waals surface area contributed by atoms with Gasteiger partial charge in [-0.1, -0.05) is 35.5 Å². The molecular formula is C33H21IN2O10. The number of ether oxygens (including phenoxy) is 1. The number of phenols is 1. The zero-order chi connectivity index (χ0) is 32.7. The number of hydrogen-bond donors (Lipinski definition) is 4. The van der Waals surface area contributed by atoms with Crippen LogP contribution in [-0.4, -0.2) is 33.6 Å². The molecule has 1 heterocycles. The number of aliphatic hydroxyl groups is 2. The van der Waals surface area contributed by atoms with Crippen LogP contribution in [0.2, 0.25) is 0 Å². The Morgan fingerprint density at radius 2 is 1.61 bits per heavy atom. The molecule has 0 aliphatic heterocycles. The molecule has 0 unspecified atom stereocenters. The zero-order valence-electron chi connectivity index (χ0n) is 23.8. The molecule has 12 nitrogen and oxygen atoms in total. The number of nitrogens with one attached hydrogen (secondary N) is 1. The number of oxime groups is 1. The Morgan fingerprint density at radius 3 is 2.28 bits per heavy atom. The second kappa shape index (κ2) is 10.4. The maximum absolute atomic E-state index is 13.7. The average molecular weight is 732 g/mol. The molecule has 4 aliphatic carbocycles. The third kappa shape index (κ3) is 3.84. The summed E-state index contributed by atoms with van der Waals surface area (Å²) >= 11 is 1.99. The minimum Gasteiger partial charge on any atom is -0.510 e. The third-order valence-corrected chi connectivity index (χ3v) is 9.95.